The van der Waals surface area contributed by atoms with Crippen molar-refractivity contribution >= 4 is 45.7 Å². The summed E-state index contributed by atoms with van der Waals surface area (Å²) in [6, 6.07) is 29.2. The molecular formula is C37H31N3O6S2. The van der Waals surface area contributed by atoms with E-state index in [9.17, 15) is 14.7 Å². The van der Waals surface area contributed by atoms with Gasteiger partial charge in [-0.1, -0.05) is 89.8 Å². The second-order valence-corrected chi connectivity index (χ2v) is 13.6. The number of anilines is 1. The number of hydrogen-bond donors (Lipinski definition) is 1. The molecule has 0 bridgehead atoms. The number of hydrogen-bond acceptors (Lipinski definition) is 10. The van der Waals surface area contributed by atoms with Crippen molar-refractivity contribution in [3.63, 3.8) is 0 Å². The van der Waals surface area contributed by atoms with Crippen molar-refractivity contribution in [2.24, 2.45) is 0 Å². The number of carbonyl (C=O) groups is 2. The number of aromatic nitrogens is 2. The monoisotopic (exact) mass is 677 g/mol. The number of nitrogens with zero attached hydrogens (tertiary/aromatic N) is 3. The average Bonchev–Trinajstić information content (AvgIpc) is 3.81. The van der Waals surface area contributed by atoms with E-state index >= 15 is 0 Å². The molecule has 0 saturated carbocycles. The van der Waals surface area contributed by atoms with Gasteiger partial charge < -0.3 is 19.3 Å². The van der Waals surface area contributed by atoms with Gasteiger partial charge in [0.15, 0.2) is 15.8 Å². The largest absolute Gasteiger partial charge is 0.507 e. The Morgan fingerprint density at radius 1 is 0.958 bits per heavy atom. The smallest absolute Gasteiger partial charge is 0.301 e. The fourth-order valence-corrected chi connectivity index (χ4v) is 7.68. The summed E-state index contributed by atoms with van der Waals surface area (Å²) in [5.74, 6) is 0.397. The fraction of sp³-hybridized carbons (Fsp3) is 0.189. The predicted octanol–water partition coefficient (Wildman–Crippen LogP) is 7.37. The molecule has 242 valence electrons. The molecule has 2 aliphatic heterocycles. The van der Waals surface area contributed by atoms with Crippen molar-refractivity contribution in [3.8, 4) is 17.2 Å². The number of rotatable bonds is 10. The van der Waals surface area contributed by atoms with Gasteiger partial charge in [0.1, 0.15) is 24.2 Å². The van der Waals surface area contributed by atoms with Crippen molar-refractivity contribution in [1.29, 1.82) is 0 Å². The number of ketones is 1. The zero-order valence-corrected chi connectivity index (χ0v) is 27.8. The summed E-state index contributed by atoms with van der Waals surface area (Å²) in [6.07, 6.45) is 0.675. The van der Waals surface area contributed by atoms with E-state index in [0.717, 1.165) is 22.4 Å². The second kappa shape index (κ2) is 13.5. The maximum Gasteiger partial charge on any atom is 0.301 e. The summed E-state index contributed by atoms with van der Waals surface area (Å²) in [4.78, 5) is 29.0. The van der Waals surface area contributed by atoms with Gasteiger partial charge in [0, 0.05) is 17.7 Å². The molecule has 1 amide bonds. The quantitative estimate of drug-likeness (QED) is 0.0533. The van der Waals surface area contributed by atoms with Gasteiger partial charge in [-0.2, -0.15) is 0 Å². The Bertz CT molecular complexity index is 2010. The molecule has 11 heteroatoms. The van der Waals surface area contributed by atoms with E-state index in [1.807, 2.05) is 73.7 Å². The van der Waals surface area contributed by atoms with Crippen LogP contribution in [-0.4, -0.2) is 40.2 Å². The van der Waals surface area contributed by atoms with E-state index in [4.69, 9.17) is 14.2 Å². The minimum atomic E-state index is -1.01. The highest BCUT2D eigenvalue weighted by atomic mass is 32.2. The molecule has 4 aromatic carbocycles. The maximum atomic E-state index is 13.8. The summed E-state index contributed by atoms with van der Waals surface area (Å²) >= 11 is 2.71. The summed E-state index contributed by atoms with van der Waals surface area (Å²) in [7, 11) is 1.53. The SMILES string of the molecule is COc1cc(C2/C(=C(\O)c3ccc4c(c3)CC(C)O4)C(=O)C(=O)N2c2nnc(SCc3ccccc3)s2)ccc1OCc1ccccc1. The first-order chi connectivity index (χ1) is 23.4. The molecule has 0 radical (unpaired) electrons. The van der Waals surface area contributed by atoms with Gasteiger partial charge in [0.05, 0.1) is 18.7 Å². The topological polar surface area (TPSA) is 111 Å². The number of carbonyl (C=O) groups excluding carboxylic acids is 2. The number of Topliss-reactive ketones (excluding diaryl/α,β-unsaturated/α-hetero) is 1. The van der Waals surface area contributed by atoms with E-state index in [0.29, 0.717) is 45.7 Å². The lowest BCUT2D eigenvalue weighted by molar-refractivity contribution is -0.132. The van der Waals surface area contributed by atoms with Gasteiger partial charge in [0.2, 0.25) is 5.13 Å². The molecule has 5 aromatic rings. The first kappa shape index (κ1) is 31.5. The number of amides is 1. The minimum Gasteiger partial charge on any atom is -0.507 e. The first-order valence-electron chi connectivity index (χ1n) is 15.4. The standard InChI is InChI=1S/C37H31N3O6S2/c1-22-17-27-18-26(14-15-28(27)46-22)33(41)31-32(25-13-16-29(30(19-25)44-2)45-20-23-9-5-3-6-10-23)40(35(43)34(31)42)36-38-39-37(48-36)47-21-24-11-7-4-8-12-24/h3-16,18-19,22,32,41H,17,20-21H2,1-2H3/b33-31+. The molecule has 1 aromatic heterocycles. The lowest BCUT2D eigenvalue weighted by Gasteiger charge is -2.23. The predicted molar refractivity (Wildman–Crippen MR) is 185 cm³/mol. The Hall–Kier alpha value is -5.13. The summed E-state index contributed by atoms with van der Waals surface area (Å²) in [6.45, 7) is 2.30. The zero-order valence-electron chi connectivity index (χ0n) is 26.2. The third-order valence-corrected chi connectivity index (χ3v) is 10.3. The average molecular weight is 678 g/mol. The van der Waals surface area contributed by atoms with Crippen LogP contribution in [0.5, 0.6) is 17.2 Å². The van der Waals surface area contributed by atoms with Crippen LogP contribution in [0.1, 0.15) is 40.8 Å². The zero-order chi connectivity index (χ0) is 33.2. The third kappa shape index (κ3) is 6.26. The molecule has 7 rings (SSSR count). The summed E-state index contributed by atoms with van der Waals surface area (Å²) in [5, 5.41) is 20.7. The second-order valence-electron chi connectivity index (χ2n) is 11.4. The normalized spacial score (nSPS) is 18.1. The molecule has 1 saturated heterocycles. The van der Waals surface area contributed by atoms with Gasteiger partial charge in [0.25, 0.3) is 5.78 Å². The molecule has 1 fully saturated rings. The third-order valence-electron chi connectivity index (χ3n) is 8.16. The molecule has 48 heavy (non-hydrogen) atoms. The van der Waals surface area contributed by atoms with Crippen molar-refractivity contribution in [2.45, 2.75) is 42.2 Å². The number of thioether (sulfide) groups is 1. The van der Waals surface area contributed by atoms with E-state index in [-0.39, 0.29) is 22.6 Å². The van der Waals surface area contributed by atoms with Crippen LogP contribution in [0.25, 0.3) is 5.76 Å². The molecule has 1 N–H and O–H groups in total. The Morgan fingerprint density at radius 2 is 1.71 bits per heavy atom. The summed E-state index contributed by atoms with van der Waals surface area (Å²) < 4.78 is 18.3. The van der Waals surface area contributed by atoms with Crippen LogP contribution in [-0.2, 0) is 28.4 Å². The van der Waals surface area contributed by atoms with E-state index < -0.39 is 17.7 Å². The lowest BCUT2D eigenvalue weighted by Crippen LogP contribution is -2.29. The van der Waals surface area contributed by atoms with Crippen LogP contribution < -0.4 is 19.1 Å². The van der Waals surface area contributed by atoms with Crippen LogP contribution in [0.2, 0.25) is 0 Å². The number of methoxy groups -OCH3 is 1. The van der Waals surface area contributed by atoms with Crippen LogP contribution in [0.15, 0.2) is 107 Å². The van der Waals surface area contributed by atoms with Crippen molar-refractivity contribution in [3.05, 3.63) is 130 Å². The number of aliphatic hydroxyl groups is 1. The highest BCUT2D eigenvalue weighted by Crippen LogP contribution is 2.46. The van der Waals surface area contributed by atoms with Gasteiger partial charge >= 0.3 is 5.91 Å². The Balaban J connectivity index is 1.27. The highest BCUT2D eigenvalue weighted by molar-refractivity contribution is 8.00. The van der Waals surface area contributed by atoms with Crippen LogP contribution in [0.4, 0.5) is 5.13 Å². The molecule has 0 aliphatic carbocycles. The highest BCUT2D eigenvalue weighted by Gasteiger charge is 2.48. The van der Waals surface area contributed by atoms with Crippen LogP contribution in [0.3, 0.4) is 0 Å². The lowest BCUT2D eigenvalue weighted by atomic mass is 9.94. The number of ether oxygens (including phenoxy) is 3. The number of fused-ring (bicyclic) bond motifs is 1. The van der Waals surface area contributed by atoms with Gasteiger partial charge in [-0.05, 0) is 59.5 Å². The fourth-order valence-electron chi connectivity index (χ4n) is 5.86. The van der Waals surface area contributed by atoms with Gasteiger partial charge in [-0.15, -0.1) is 10.2 Å². The first-order valence-corrected chi connectivity index (χ1v) is 17.2. The molecule has 9 nitrogen and oxygen atoms in total. The van der Waals surface area contributed by atoms with Crippen LogP contribution in [0, 0.1) is 0 Å². The van der Waals surface area contributed by atoms with Gasteiger partial charge in [-0.3, -0.25) is 14.5 Å². The molecule has 2 unspecified atom stereocenters. The number of benzene rings is 4. The van der Waals surface area contributed by atoms with Crippen LogP contribution >= 0.6 is 23.1 Å². The van der Waals surface area contributed by atoms with Crippen molar-refractivity contribution in [1.82, 2.24) is 10.2 Å². The maximum absolute atomic E-state index is 13.8. The molecule has 0 spiro atoms. The Labute approximate surface area is 285 Å². The molecular weight excluding hydrogens is 647 g/mol. The molecule has 3 heterocycles. The van der Waals surface area contributed by atoms with E-state index in [1.165, 1.54) is 35.1 Å². The van der Waals surface area contributed by atoms with E-state index in [1.54, 1.807) is 30.3 Å². The van der Waals surface area contributed by atoms with Crippen molar-refractivity contribution in [2.75, 3.05) is 12.0 Å². The molecule has 2 atom stereocenters. The Morgan fingerprint density at radius 3 is 2.46 bits per heavy atom. The Kier molecular flexibility index (Phi) is 8.88. The van der Waals surface area contributed by atoms with Gasteiger partial charge in [-0.25, -0.2) is 0 Å². The minimum absolute atomic E-state index is 0.00410. The number of aliphatic hydroxyl groups excluding tert-OH is 1. The van der Waals surface area contributed by atoms with E-state index in [2.05, 4.69) is 10.2 Å². The van der Waals surface area contributed by atoms with Crippen molar-refractivity contribution < 1.29 is 28.9 Å². The molecule has 2 aliphatic rings. The summed E-state index contributed by atoms with van der Waals surface area (Å²) in [5.41, 5.74) is 3.93.